The lowest BCUT2D eigenvalue weighted by atomic mass is 9.81. The summed E-state index contributed by atoms with van der Waals surface area (Å²) in [6.07, 6.45) is 0.772. The fourth-order valence-electron chi connectivity index (χ4n) is 6.93. The Morgan fingerprint density at radius 3 is 2.62 bits per heavy atom. The van der Waals surface area contributed by atoms with Gasteiger partial charge in [0, 0.05) is 29.7 Å². The first-order valence-electron chi connectivity index (χ1n) is 15.4. The zero-order valence-corrected chi connectivity index (χ0v) is 26.1. The van der Waals surface area contributed by atoms with Crippen LogP contribution in [0.3, 0.4) is 0 Å². The number of nitrogens with zero attached hydrogens (tertiary/aromatic N) is 2. The Morgan fingerprint density at radius 2 is 1.91 bits per heavy atom. The van der Waals surface area contributed by atoms with Crippen LogP contribution in [0.4, 0.5) is 9.18 Å². The molecule has 7 rings (SSSR count). The standard InChI is InChI=1S/C33H30FN3O6.C2H6/c1-4-33(41-3)22-12-26-29-20(14-37(26)30(38)21(22)16-42-31(33)39)28-24(36-32(40)43-15-18-8-6-5-7-9-18)11-10-19-17(2)23(34)13-25(35-29)27(19)28;1-2/h5-9,12-13,24H,4,10-11,14-16H2,1-3H3,(H,36,40);1-2H3. The van der Waals surface area contributed by atoms with Crippen LogP contribution >= 0.6 is 0 Å². The van der Waals surface area contributed by atoms with Gasteiger partial charge < -0.3 is 24.1 Å². The second kappa shape index (κ2) is 11.7. The first-order valence-corrected chi connectivity index (χ1v) is 15.4. The number of amides is 1. The predicted molar refractivity (Wildman–Crippen MR) is 166 cm³/mol. The van der Waals surface area contributed by atoms with Gasteiger partial charge in [-0.2, -0.15) is 0 Å². The fraction of sp³-hybridized carbons (Fsp3) is 0.371. The summed E-state index contributed by atoms with van der Waals surface area (Å²) in [6.45, 7) is 7.73. The van der Waals surface area contributed by atoms with Crippen molar-refractivity contribution in [3.63, 3.8) is 0 Å². The van der Waals surface area contributed by atoms with Gasteiger partial charge in [-0.1, -0.05) is 51.1 Å². The molecule has 45 heavy (non-hydrogen) atoms. The van der Waals surface area contributed by atoms with Crippen LogP contribution in [0.25, 0.3) is 22.3 Å². The summed E-state index contributed by atoms with van der Waals surface area (Å²) in [7, 11) is 1.42. The molecule has 1 aliphatic carbocycles. The number of ether oxygens (including phenoxy) is 3. The van der Waals surface area contributed by atoms with Crippen molar-refractivity contribution in [1.82, 2.24) is 14.9 Å². The average Bonchev–Trinajstić information content (AvgIpc) is 3.43. The number of nitrogens with one attached hydrogen (secondary N) is 1. The molecule has 3 aliphatic rings. The number of rotatable bonds is 5. The number of aromatic nitrogens is 2. The van der Waals surface area contributed by atoms with E-state index in [2.05, 4.69) is 5.32 Å². The molecule has 0 saturated heterocycles. The second-order valence-electron chi connectivity index (χ2n) is 11.3. The van der Waals surface area contributed by atoms with E-state index < -0.39 is 23.7 Å². The van der Waals surface area contributed by atoms with Gasteiger partial charge in [-0.05, 0) is 54.5 Å². The number of carbonyl (C=O) groups excluding carboxylic acids is 2. The second-order valence-corrected chi connectivity index (χ2v) is 11.3. The SMILES string of the molecule is CC.CCC1(OC)C(=O)OCc2c1cc1n(c2=O)Cc2c-1nc1cc(F)c(C)c3c1c2C(NC(=O)OCc1ccccc1)CC3. The molecule has 2 unspecified atom stereocenters. The van der Waals surface area contributed by atoms with Crippen LogP contribution in [0.1, 0.15) is 78.6 Å². The van der Waals surface area contributed by atoms with E-state index in [1.807, 2.05) is 44.2 Å². The number of aryl methyl sites for hydroxylation is 1. The number of halogens is 1. The number of benzene rings is 2. The van der Waals surface area contributed by atoms with Crippen LogP contribution in [0, 0.1) is 12.7 Å². The van der Waals surface area contributed by atoms with Crippen LogP contribution < -0.4 is 10.9 Å². The zero-order valence-electron chi connectivity index (χ0n) is 26.1. The largest absolute Gasteiger partial charge is 0.458 e. The molecule has 234 valence electrons. The minimum absolute atomic E-state index is 0.121. The number of fused-ring (bicyclic) bond motifs is 5. The molecular weight excluding hydrogens is 577 g/mol. The molecule has 2 aliphatic heterocycles. The molecule has 2 atom stereocenters. The third-order valence-electron chi connectivity index (χ3n) is 9.20. The normalized spacial score (nSPS) is 19.1. The summed E-state index contributed by atoms with van der Waals surface area (Å²) >= 11 is 0. The number of hydrogen-bond donors (Lipinski definition) is 1. The molecule has 2 aromatic heterocycles. The van der Waals surface area contributed by atoms with Gasteiger partial charge in [0.2, 0.25) is 0 Å². The Balaban J connectivity index is 0.00000175. The van der Waals surface area contributed by atoms with Crippen LogP contribution in [0.5, 0.6) is 0 Å². The van der Waals surface area contributed by atoms with Crippen molar-refractivity contribution in [2.75, 3.05) is 7.11 Å². The van der Waals surface area contributed by atoms with Crippen LogP contribution in [0.15, 0.2) is 47.3 Å². The monoisotopic (exact) mass is 613 g/mol. The lowest BCUT2D eigenvalue weighted by molar-refractivity contribution is -0.176. The fourth-order valence-corrected chi connectivity index (χ4v) is 6.93. The van der Waals surface area contributed by atoms with E-state index in [0.717, 1.165) is 27.6 Å². The van der Waals surface area contributed by atoms with E-state index in [9.17, 15) is 14.4 Å². The van der Waals surface area contributed by atoms with Crippen molar-refractivity contribution in [2.24, 2.45) is 0 Å². The van der Waals surface area contributed by atoms with Gasteiger partial charge in [0.25, 0.3) is 5.56 Å². The molecule has 9 nitrogen and oxygen atoms in total. The first-order chi connectivity index (χ1) is 21.8. The highest BCUT2D eigenvalue weighted by atomic mass is 19.1. The van der Waals surface area contributed by atoms with Crippen LogP contribution in [-0.4, -0.2) is 28.7 Å². The molecule has 2 aromatic carbocycles. The molecule has 1 N–H and O–H groups in total. The number of cyclic esters (lactones) is 1. The smallest absolute Gasteiger partial charge is 0.407 e. The van der Waals surface area contributed by atoms with Crippen molar-refractivity contribution in [2.45, 2.75) is 78.4 Å². The molecule has 0 bridgehead atoms. The Labute approximate surface area is 260 Å². The Bertz CT molecular complexity index is 1900. The zero-order chi connectivity index (χ0) is 32.0. The summed E-state index contributed by atoms with van der Waals surface area (Å²) in [6, 6.07) is 12.2. The number of alkyl carbamates (subject to hydrolysis) is 1. The van der Waals surface area contributed by atoms with Gasteiger partial charge in [0.15, 0.2) is 5.60 Å². The molecule has 1 amide bonds. The molecule has 4 heterocycles. The Kier molecular flexibility index (Phi) is 7.95. The Hall–Kier alpha value is -4.57. The van der Waals surface area contributed by atoms with E-state index in [1.165, 1.54) is 13.2 Å². The maximum atomic E-state index is 15.1. The highest BCUT2D eigenvalue weighted by Gasteiger charge is 2.47. The molecule has 4 aromatic rings. The lowest BCUT2D eigenvalue weighted by Crippen LogP contribution is -2.45. The summed E-state index contributed by atoms with van der Waals surface area (Å²) in [4.78, 5) is 44.7. The predicted octanol–water partition coefficient (Wildman–Crippen LogP) is 6.12. The van der Waals surface area contributed by atoms with Gasteiger partial charge >= 0.3 is 12.1 Å². The molecule has 0 spiro atoms. The van der Waals surface area contributed by atoms with Crippen molar-refractivity contribution >= 4 is 23.0 Å². The molecular formula is C35H36FN3O6. The van der Waals surface area contributed by atoms with E-state index in [1.54, 1.807) is 24.5 Å². The highest BCUT2D eigenvalue weighted by Crippen LogP contribution is 2.46. The third-order valence-corrected chi connectivity index (χ3v) is 9.20. The van der Waals surface area contributed by atoms with Gasteiger partial charge in [-0.3, -0.25) is 4.79 Å². The van der Waals surface area contributed by atoms with Gasteiger partial charge in [-0.15, -0.1) is 0 Å². The number of methoxy groups -OCH3 is 1. The quantitative estimate of drug-likeness (QED) is 0.238. The van der Waals surface area contributed by atoms with Crippen LogP contribution in [0.2, 0.25) is 0 Å². The van der Waals surface area contributed by atoms with Crippen molar-refractivity contribution < 1.29 is 28.2 Å². The van der Waals surface area contributed by atoms with Crippen molar-refractivity contribution in [1.29, 1.82) is 0 Å². The number of pyridine rings is 2. The number of hydrogen-bond acceptors (Lipinski definition) is 7. The van der Waals surface area contributed by atoms with Gasteiger partial charge in [0.1, 0.15) is 19.0 Å². The summed E-state index contributed by atoms with van der Waals surface area (Å²) in [5.74, 6) is -0.905. The van der Waals surface area contributed by atoms with Gasteiger partial charge in [-0.25, -0.2) is 19.0 Å². The average molecular weight is 614 g/mol. The lowest BCUT2D eigenvalue weighted by Gasteiger charge is -2.35. The molecule has 0 fully saturated rings. The summed E-state index contributed by atoms with van der Waals surface area (Å²) in [5.41, 5.74) is 4.43. The first kappa shape index (κ1) is 30.5. The summed E-state index contributed by atoms with van der Waals surface area (Å²) in [5, 5.41) is 3.83. The van der Waals surface area contributed by atoms with Crippen molar-refractivity contribution in [3.05, 3.63) is 97.6 Å². The maximum Gasteiger partial charge on any atom is 0.407 e. The number of esters is 1. The van der Waals surface area contributed by atoms with E-state index in [-0.39, 0.29) is 37.6 Å². The van der Waals surface area contributed by atoms with Gasteiger partial charge in [0.05, 0.1) is 35.1 Å². The Morgan fingerprint density at radius 1 is 1.16 bits per heavy atom. The van der Waals surface area contributed by atoms with E-state index in [4.69, 9.17) is 19.2 Å². The summed E-state index contributed by atoms with van der Waals surface area (Å²) < 4.78 is 33.4. The third kappa shape index (κ3) is 4.70. The van der Waals surface area contributed by atoms with Crippen molar-refractivity contribution in [3.8, 4) is 11.4 Å². The van der Waals surface area contributed by atoms with E-state index in [0.29, 0.717) is 46.4 Å². The molecule has 0 saturated carbocycles. The van der Waals surface area contributed by atoms with Crippen LogP contribution in [-0.2, 0) is 50.8 Å². The minimum atomic E-state index is -1.42. The van der Waals surface area contributed by atoms with E-state index >= 15 is 4.39 Å². The maximum absolute atomic E-state index is 15.1. The number of carbonyl (C=O) groups is 2. The highest BCUT2D eigenvalue weighted by molar-refractivity contribution is 5.93. The topological polar surface area (TPSA) is 109 Å². The minimum Gasteiger partial charge on any atom is -0.458 e. The molecule has 0 radical (unpaired) electrons. The molecule has 10 heteroatoms.